The summed E-state index contributed by atoms with van der Waals surface area (Å²) >= 11 is 0. The van der Waals surface area contributed by atoms with Crippen LogP contribution in [0.25, 0.3) is 0 Å². The maximum Gasteiger partial charge on any atom is 0.237 e. The Morgan fingerprint density at radius 1 is 1.24 bits per heavy atom. The molecule has 2 N–H and O–H groups in total. The smallest absolute Gasteiger partial charge is 0.237 e. The van der Waals surface area contributed by atoms with Gasteiger partial charge in [0.2, 0.25) is 5.91 Å². The molecule has 0 bridgehead atoms. The normalized spacial score (nSPS) is 23.0. The van der Waals surface area contributed by atoms with Gasteiger partial charge in [0.1, 0.15) is 0 Å². The molecule has 0 unspecified atom stereocenters. The average Bonchev–Trinajstić information content (AvgIpc) is 2.46. The van der Waals surface area contributed by atoms with Gasteiger partial charge in [-0.25, -0.2) is 0 Å². The van der Waals surface area contributed by atoms with E-state index in [4.69, 9.17) is 5.73 Å². The third-order valence-electron chi connectivity index (χ3n) is 4.55. The summed E-state index contributed by atoms with van der Waals surface area (Å²) in [6.07, 6.45) is 3.27. The molecule has 1 amide bonds. The van der Waals surface area contributed by atoms with E-state index >= 15 is 0 Å². The van der Waals surface area contributed by atoms with E-state index in [2.05, 4.69) is 4.90 Å². The van der Waals surface area contributed by atoms with Crippen molar-refractivity contribution in [1.29, 1.82) is 0 Å². The van der Waals surface area contributed by atoms with Crippen molar-refractivity contribution in [3.05, 3.63) is 35.4 Å². The number of ketones is 1. The highest BCUT2D eigenvalue weighted by Gasteiger charge is 2.39. The summed E-state index contributed by atoms with van der Waals surface area (Å²) in [5.41, 5.74) is 6.83. The van der Waals surface area contributed by atoms with Crippen LogP contribution in [0.1, 0.15) is 48.5 Å². The van der Waals surface area contributed by atoms with Gasteiger partial charge in [-0.05, 0) is 39.7 Å². The molecule has 1 aliphatic rings. The third kappa shape index (κ3) is 3.50. The number of hydrogen-bond acceptors (Lipinski definition) is 3. The minimum atomic E-state index is -0.605. The second-order valence-corrected chi connectivity index (χ2v) is 6.12. The van der Waals surface area contributed by atoms with E-state index in [0.29, 0.717) is 13.0 Å². The van der Waals surface area contributed by atoms with Crippen molar-refractivity contribution in [2.24, 2.45) is 5.73 Å². The Morgan fingerprint density at radius 3 is 2.52 bits per heavy atom. The van der Waals surface area contributed by atoms with Gasteiger partial charge in [0.25, 0.3) is 0 Å². The van der Waals surface area contributed by atoms with Gasteiger partial charge in [-0.2, -0.15) is 0 Å². The molecule has 0 spiro atoms. The molecule has 1 atom stereocenters. The first-order valence-electron chi connectivity index (χ1n) is 7.58. The first-order chi connectivity index (χ1) is 9.93. The van der Waals surface area contributed by atoms with Crippen LogP contribution in [0.15, 0.2) is 24.3 Å². The number of nitrogens with zero attached hydrogens (tertiary/aromatic N) is 1. The Balaban J connectivity index is 1.99. The van der Waals surface area contributed by atoms with Gasteiger partial charge >= 0.3 is 0 Å². The molecule has 4 nitrogen and oxygen atoms in total. The fourth-order valence-corrected chi connectivity index (χ4v) is 2.93. The number of Topliss-reactive ketones (excluding diaryl/α,β-unsaturated/α-hetero) is 1. The van der Waals surface area contributed by atoms with Crippen LogP contribution in [-0.4, -0.2) is 35.2 Å². The number of hydrogen-bond donors (Lipinski definition) is 1. The molecule has 1 heterocycles. The molecule has 1 aliphatic heterocycles. The second-order valence-electron chi connectivity index (χ2n) is 6.12. The number of rotatable bonds is 5. The lowest BCUT2D eigenvalue weighted by Crippen LogP contribution is -2.58. The number of carbonyl (C=O) groups is 2. The zero-order valence-electron chi connectivity index (χ0n) is 12.9. The topological polar surface area (TPSA) is 63.4 Å². The van der Waals surface area contributed by atoms with Gasteiger partial charge in [-0.15, -0.1) is 0 Å². The molecular formula is C17H24N2O2. The van der Waals surface area contributed by atoms with Crippen LogP contribution in [-0.2, 0) is 4.79 Å². The minimum Gasteiger partial charge on any atom is -0.368 e. The number of piperidine rings is 1. The predicted molar refractivity (Wildman–Crippen MR) is 83.1 cm³/mol. The van der Waals surface area contributed by atoms with E-state index in [0.717, 1.165) is 36.9 Å². The summed E-state index contributed by atoms with van der Waals surface area (Å²) in [5, 5.41) is 0. The van der Waals surface area contributed by atoms with Crippen LogP contribution >= 0.6 is 0 Å². The molecule has 4 heteroatoms. The van der Waals surface area contributed by atoms with Gasteiger partial charge in [0.15, 0.2) is 5.78 Å². The van der Waals surface area contributed by atoms with E-state index < -0.39 is 5.54 Å². The zero-order chi connectivity index (χ0) is 15.5. The predicted octanol–water partition coefficient (Wildman–Crippen LogP) is 2.30. The quantitative estimate of drug-likeness (QED) is 0.846. The highest BCUT2D eigenvalue weighted by Crippen LogP contribution is 2.27. The average molecular weight is 288 g/mol. The molecule has 114 valence electrons. The van der Waals surface area contributed by atoms with Gasteiger partial charge in [0, 0.05) is 18.5 Å². The summed E-state index contributed by atoms with van der Waals surface area (Å²) in [4.78, 5) is 26.0. The van der Waals surface area contributed by atoms with Gasteiger partial charge in [-0.3, -0.25) is 14.5 Å². The molecule has 1 aromatic carbocycles. The maximum atomic E-state index is 12.2. The molecule has 1 saturated heterocycles. The number of likely N-dealkylation sites (tertiary alicyclic amines) is 1. The lowest BCUT2D eigenvalue weighted by atomic mass is 9.87. The van der Waals surface area contributed by atoms with E-state index in [9.17, 15) is 9.59 Å². The number of primary amides is 1. The largest absolute Gasteiger partial charge is 0.368 e. The summed E-state index contributed by atoms with van der Waals surface area (Å²) < 4.78 is 0. The van der Waals surface area contributed by atoms with Crippen molar-refractivity contribution in [1.82, 2.24) is 4.90 Å². The van der Waals surface area contributed by atoms with Crippen molar-refractivity contribution in [3.8, 4) is 0 Å². The minimum absolute atomic E-state index is 0.118. The summed E-state index contributed by atoms with van der Waals surface area (Å²) in [5.74, 6) is -0.169. The number of nitrogens with two attached hydrogens (primary N) is 1. The van der Waals surface area contributed by atoms with Crippen LogP contribution < -0.4 is 5.73 Å². The van der Waals surface area contributed by atoms with Crippen molar-refractivity contribution in [2.45, 2.75) is 45.1 Å². The second kappa shape index (κ2) is 6.39. The van der Waals surface area contributed by atoms with Gasteiger partial charge < -0.3 is 5.73 Å². The lowest BCUT2D eigenvalue weighted by molar-refractivity contribution is -0.131. The molecule has 0 aromatic heterocycles. The van der Waals surface area contributed by atoms with E-state index in [1.54, 1.807) is 0 Å². The number of aryl methyl sites for hydroxylation is 1. The molecule has 1 aromatic rings. The zero-order valence-corrected chi connectivity index (χ0v) is 12.9. The van der Waals surface area contributed by atoms with Gasteiger partial charge in [0.05, 0.1) is 5.54 Å². The third-order valence-corrected chi connectivity index (χ3v) is 4.55. The molecule has 1 fully saturated rings. The first kappa shape index (κ1) is 15.7. The Morgan fingerprint density at radius 2 is 1.90 bits per heavy atom. The molecule has 0 radical (unpaired) electrons. The van der Waals surface area contributed by atoms with Crippen LogP contribution in [0.4, 0.5) is 0 Å². The standard InChI is InChI=1S/C17H24N2O2/c1-13-5-7-14(8-6-13)15(20)9-12-19-11-4-3-10-17(19,2)16(18)21/h5-8H,3-4,9-12H2,1-2H3,(H2,18,21)/t17-/m0/s1. The molecular weight excluding hydrogens is 264 g/mol. The summed E-state index contributed by atoms with van der Waals surface area (Å²) in [7, 11) is 0. The van der Waals surface area contributed by atoms with Crippen molar-refractivity contribution < 1.29 is 9.59 Å². The van der Waals surface area contributed by atoms with Crippen molar-refractivity contribution in [2.75, 3.05) is 13.1 Å². The number of benzene rings is 1. The number of carbonyl (C=O) groups excluding carboxylic acids is 2. The SMILES string of the molecule is Cc1ccc(C(=O)CCN2CCCC[C@@]2(C)C(N)=O)cc1. The van der Waals surface area contributed by atoms with E-state index in [-0.39, 0.29) is 11.7 Å². The van der Waals surface area contributed by atoms with Crippen LogP contribution in [0, 0.1) is 6.92 Å². The monoisotopic (exact) mass is 288 g/mol. The number of amides is 1. The Labute approximate surface area is 126 Å². The Bertz CT molecular complexity index is 524. The summed E-state index contributed by atoms with van der Waals surface area (Å²) in [6.45, 7) is 5.32. The molecule has 2 rings (SSSR count). The van der Waals surface area contributed by atoms with Crippen molar-refractivity contribution >= 4 is 11.7 Å². The van der Waals surface area contributed by atoms with Crippen LogP contribution in [0.5, 0.6) is 0 Å². The maximum absolute atomic E-state index is 12.2. The van der Waals surface area contributed by atoms with Crippen molar-refractivity contribution in [3.63, 3.8) is 0 Å². The molecule has 0 saturated carbocycles. The molecule has 21 heavy (non-hydrogen) atoms. The first-order valence-corrected chi connectivity index (χ1v) is 7.58. The Kier molecular flexibility index (Phi) is 4.78. The molecule has 0 aliphatic carbocycles. The van der Waals surface area contributed by atoms with E-state index in [1.807, 2.05) is 38.1 Å². The Hall–Kier alpha value is -1.68. The fourth-order valence-electron chi connectivity index (χ4n) is 2.93. The van der Waals surface area contributed by atoms with Crippen LogP contribution in [0.2, 0.25) is 0 Å². The van der Waals surface area contributed by atoms with Gasteiger partial charge in [-0.1, -0.05) is 29.8 Å². The van der Waals surface area contributed by atoms with E-state index in [1.165, 1.54) is 0 Å². The summed E-state index contributed by atoms with van der Waals surface area (Å²) in [6, 6.07) is 7.62. The lowest BCUT2D eigenvalue weighted by Gasteiger charge is -2.42. The fraction of sp³-hybridized carbons (Fsp3) is 0.529. The highest BCUT2D eigenvalue weighted by molar-refractivity contribution is 5.96. The van der Waals surface area contributed by atoms with Crippen LogP contribution in [0.3, 0.4) is 0 Å². The highest BCUT2D eigenvalue weighted by atomic mass is 16.1.